The van der Waals surface area contributed by atoms with Gasteiger partial charge in [-0.1, -0.05) is 12.1 Å². The maximum atomic E-state index is 13.6. The van der Waals surface area contributed by atoms with E-state index in [1.165, 1.54) is 17.6 Å². The molecule has 1 unspecified atom stereocenters. The monoisotopic (exact) mass is 467 g/mol. The third kappa shape index (κ3) is 4.63. The lowest BCUT2D eigenvalue weighted by molar-refractivity contribution is -0.133. The van der Waals surface area contributed by atoms with Crippen molar-refractivity contribution >= 4 is 34.6 Å². The van der Waals surface area contributed by atoms with E-state index in [4.69, 9.17) is 4.42 Å². The number of carbonyl (C=O) groups excluding carboxylic acids is 1. The molecule has 9 heteroatoms. The van der Waals surface area contributed by atoms with Crippen LogP contribution >= 0.6 is 22.7 Å². The van der Waals surface area contributed by atoms with Gasteiger partial charge in [0.05, 0.1) is 46.5 Å². The van der Waals surface area contributed by atoms with Crippen LogP contribution in [-0.2, 0) is 17.8 Å². The van der Waals surface area contributed by atoms with Crippen molar-refractivity contribution < 1.29 is 19.1 Å². The Morgan fingerprint density at radius 2 is 2.06 bits per heavy atom. The highest BCUT2D eigenvalue weighted by Crippen LogP contribution is 2.33. The fraction of sp³-hybridized carbons (Fsp3) is 0.217. The predicted octanol–water partition coefficient (Wildman–Crippen LogP) is 5.20. The molecule has 4 rings (SSSR count). The molecule has 0 radical (unpaired) electrons. The number of furan rings is 1. The summed E-state index contributed by atoms with van der Waals surface area (Å²) in [5, 5.41) is 12.3. The predicted molar refractivity (Wildman–Crippen MR) is 123 cm³/mol. The summed E-state index contributed by atoms with van der Waals surface area (Å²) in [5.74, 6) is -1.47. The van der Waals surface area contributed by atoms with Crippen molar-refractivity contribution in [2.75, 3.05) is 0 Å². The van der Waals surface area contributed by atoms with Gasteiger partial charge in [-0.2, -0.15) is 0 Å². The van der Waals surface area contributed by atoms with E-state index in [2.05, 4.69) is 9.97 Å². The van der Waals surface area contributed by atoms with Gasteiger partial charge in [-0.05, 0) is 43.5 Å². The molecular formula is C23H21N3O4S2. The van der Waals surface area contributed by atoms with E-state index >= 15 is 0 Å². The normalized spacial score (nSPS) is 11.9. The van der Waals surface area contributed by atoms with E-state index in [1.54, 1.807) is 28.5 Å². The molecule has 4 aromatic rings. The molecular weight excluding hydrogens is 446 g/mol. The second-order valence-electron chi connectivity index (χ2n) is 7.19. The van der Waals surface area contributed by atoms with E-state index < -0.39 is 5.97 Å². The number of thiophene rings is 1. The largest absolute Gasteiger partial charge is 0.475 e. The Labute approximate surface area is 193 Å². The summed E-state index contributed by atoms with van der Waals surface area (Å²) >= 11 is 3.08. The summed E-state index contributed by atoms with van der Waals surface area (Å²) in [6.45, 7) is 3.91. The molecule has 1 atom stereocenters. The van der Waals surface area contributed by atoms with E-state index in [1.807, 2.05) is 49.6 Å². The van der Waals surface area contributed by atoms with Crippen molar-refractivity contribution in [1.29, 1.82) is 0 Å². The van der Waals surface area contributed by atoms with Gasteiger partial charge in [-0.25, -0.2) is 9.78 Å². The van der Waals surface area contributed by atoms with Gasteiger partial charge in [0, 0.05) is 16.6 Å². The van der Waals surface area contributed by atoms with Crippen LogP contribution in [0.1, 0.15) is 44.7 Å². The first-order valence-electron chi connectivity index (χ1n) is 9.94. The van der Waals surface area contributed by atoms with Gasteiger partial charge in [0.1, 0.15) is 0 Å². The molecule has 1 N–H and O–H groups in total. The minimum absolute atomic E-state index is 0.0980. The molecule has 4 heterocycles. The highest BCUT2D eigenvalue weighted by atomic mass is 32.1. The Morgan fingerprint density at radius 3 is 2.75 bits per heavy atom. The average molecular weight is 468 g/mol. The number of hydrogen-bond acceptors (Lipinski definition) is 7. The van der Waals surface area contributed by atoms with Crippen LogP contribution in [-0.4, -0.2) is 31.9 Å². The number of rotatable bonds is 8. The van der Waals surface area contributed by atoms with Crippen LogP contribution < -0.4 is 0 Å². The van der Waals surface area contributed by atoms with Crippen molar-refractivity contribution in [3.8, 4) is 10.6 Å². The minimum atomic E-state index is -1.17. The van der Waals surface area contributed by atoms with E-state index in [0.717, 1.165) is 26.1 Å². The molecule has 0 bridgehead atoms. The summed E-state index contributed by atoms with van der Waals surface area (Å²) < 4.78 is 5.12. The highest BCUT2D eigenvalue weighted by molar-refractivity contribution is 7.15. The van der Waals surface area contributed by atoms with Crippen LogP contribution in [0, 0.1) is 6.92 Å². The molecule has 0 aliphatic carbocycles. The standard InChI is InChI=1S/C23H21N3O4S2/c1-14(17-6-3-4-9-24-17)26(13-16-8-10-30-22(16)23(28)29)20(27)12-19-21(25-15(2)32-19)18-7-5-11-31-18/h3-11,14H,12-13H2,1-2H3,(H,28,29). The summed E-state index contributed by atoms with van der Waals surface area (Å²) in [4.78, 5) is 37.7. The molecule has 0 fully saturated rings. The molecule has 0 saturated carbocycles. The topological polar surface area (TPSA) is 96.5 Å². The van der Waals surface area contributed by atoms with Crippen molar-refractivity contribution in [3.63, 3.8) is 0 Å². The third-order valence-corrected chi connectivity index (χ3v) is 6.90. The lowest BCUT2D eigenvalue weighted by Gasteiger charge is -2.29. The zero-order valence-electron chi connectivity index (χ0n) is 17.5. The third-order valence-electron chi connectivity index (χ3n) is 5.06. The Balaban J connectivity index is 1.66. The number of nitrogens with zero attached hydrogens (tertiary/aromatic N) is 3. The molecule has 0 spiro atoms. The maximum Gasteiger partial charge on any atom is 0.372 e. The van der Waals surface area contributed by atoms with Crippen molar-refractivity contribution in [2.24, 2.45) is 0 Å². The second-order valence-corrected chi connectivity index (χ2v) is 9.43. The van der Waals surface area contributed by atoms with Crippen LogP contribution in [0.3, 0.4) is 0 Å². The fourth-order valence-electron chi connectivity index (χ4n) is 3.49. The lowest BCUT2D eigenvalue weighted by Crippen LogP contribution is -2.35. The number of aromatic carboxylic acids is 1. The van der Waals surface area contributed by atoms with Crippen LogP contribution in [0.15, 0.2) is 58.7 Å². The van der Waals surface area contributed by atoms with Gasteiger partial charge in [0.2, 0.25) is 11.7 Å². The van der Waals surface area contributed by atoms with Gasteiger partial charge in [0.25, 0.3) is 0 Å². The van der Waals surface area contributed by atoms with Crippen molar-refractivity contribution in [2.45, 2.75) is 32.9 Å². The van der Waals surface area contributed by atoms with Gasteiger partial charge in [0.15, 0.2) is 0 Å². The number of pyridine rings is 1. The molecule has 0 aromatic carbocycles. The number of aromatic nitrogens is 2. The van der Waals surface area contributed by atoms with Gasteiger partial charge >= 0.3 is 5.97 Å². The SMILES string of the molecule is Cc1nc(-c2cccs2)c(CC(=O)N(Cc2ccoc2C(=O)O)C(C)c2ccccn2)s1. The fourth-order valence-corrected chi connectivity index (χ4v) is 5.24. The smallest absolute Gasteiger partial charge is 0.372 e. The molecule has 4 aromatic heterocycles. The lowest BCUT2D eigenvalue weighted by atomic mass is 10.1. The number of aryl methyl sites for hydroxylation is 1. The number of carboxylic acids is 1. The Kier molecular flexibility index (Phi) is 6.48. The van der Waals surface area contributed by atoms with Gasteiger partial charge < -0.3 is 14.4 Å². The number of carbonyl (C=O) groups is 2. The number of hydrogen-bond donors (Lipinski definition) is 1. The Hall–Kier alpha value is -3.30. The van der Waals surface area contributed by atoms with Crippen molar-refractivity contribution in [3.05, 3.63) is 81.1 Å². The molecule has 0 aliphatic rings. The summed E-state index contributed by atoms with van der Waals surface area (Å²) in [6, 6.07) is 10.7. The van der Waals surface area contributed by atoms with Crippen molar-refractivity contribution in [1.82, 2.24) is 14.9 Å². The molecule has 1 amide bonds. The molecule has 7 nitrogen and oxygen atoms in total. The first kappa shape index (κ1) is 21.9. The molecule has 0 aliphatic heterocycles. The first-order valence-corrected chi connectivity index (χ1v) is 11.6. The Morgan fingerprint density at radius 1 is 1.22 bits per heavy atom. The summed E-state index contributed by atoms with van der Waals surface area (Å²) in [6.07, 6.45) is 3.17. The molecule has 164 valence electrons. The van der Waals surface area contributed by atoms with E-state index in [9.17, 15) is 14.7 Å². The first-order chi connectivity index (χ1) is 15.4. The van der Waals surface area contributed by atoms with E-state index in [-0.39, 0.29) is 30.7 Å². The highest BCUT2D eigenvalue weighted by Gasteiger charge is 2.27. The second kappa shape index (κ2) is 9.46. The number of thiazole rings is 1. The Bertz CT molecular complexity index is 1220. The molecule has 0 saturated heterocycles. The van der Waals surface area contributed by atoms with Gasteiger partial charge in [-0.15, -0.1) is 22.7 Å². The summed E-state index contributed by atoms with van der Waals surface area (Å²) in [7, 11) is 0. The average Bonchev–Trinajstić information content (AvgIpc) is 3.53. The summed E-state index contributed by atoms with van der Waals surface area (Å²) in [5.41, 5.74) is 1.99. The molecule has 32 heavy (non-hydrogen) atoms. The minimum Gasteiger partial charge on any atom is -0.475 e. The van der Waals surface area contributed by atoms with Crippen LogP contribution in [0.4, 0.5) is 0 Å². The number of carboxylic acid groups (broad SMARTS) is 1. The zero-order valence-corrected chi connectivity index (χ0v) is 19.2. The van der Waals surface area contributed by atoms with E-state index in [0.29, 0.717) is 5.56 Å². The van der Waals surface area contributed by atoms with Crippen LogP contribution in [0.2, 0.25) is 0 Å². The number of amides is 1. The van der Waals surface area contributed by atoms with Gasteiger partial charge in [-0.3, -0.25) is 9.78 Å². The van der Waals surface area contributed by atoms with Crippen LogP contribution in [0.25, 0.3) is 10.6 Å². The zero-order chi connectivity index (χ0) is 22.7. The van der Waals surface area contributed by atoms with Crippen LogP contribution in [0.5, 0.6) is 0 Å². The maximum absolute atomic E-state index is 13.6. The quantitative estimate of drug-likeness (QED) is 0.383.